The van der Waals surface area contributed by atoms with E-state index in [-0.39, 0.29) is 11.9 Å². The highest BCUT2D eigenvalue weighted by molar-refractivity contribution is 5.86. The van der Waals surface area contributed by atoms with E-state index in [1.807, 2.05) is 0 Å². The Kier molecular flexibility index (Phi) is 6.67. The number of carboxylic acid groups (broad SMARTS) is 1. The number of hydrogen-bond donors (Lipinski definition) is 3. The highest BCUT2D eigenvalue weighted by Crippen LogP contribution is 2.08. The zero-order valence-corrected chi connectivity index (χ0v) is 10.8. The summed E-state index contributed by atoms with van der Waals surface area (Å²) in [7, 11) is 1.57. The molecule has 1 heterocycles. The van der Waals surface area contributed by atoms with Gasteiger partial charge in [-0.15, -0.1) is 0 Å². The van der Waals surface area contributed by atoms with E-state index in [1.54, 1.807) is 7.11 Å². The SMILES string of the molecule is COCCCC(NC(=O)[C@H]1CCCCN1)C(=O)O. The van der Waals surface area contributed by atoms with Crippen LogP contribution in [0, 0.1) is 0 Å². The Morgan fingerprint density at radius 1 is 1.50 bits per heavy atom. The maximum absolute atomic E-state index is 11.9. The van der Waals surface area contributed by atoms with Crippen LogP contribution in [0.5, 0.6) is 0 Å². The van der Waals surface area contributed by atoms with Crippen LogP contribution in [0.2, 0.25) is 0 Å². The molecule has 0 aromatic heterocycles. The lowest BCUT2D eigenvalue weighted by Gasteiger charge is -2.24. The predicted molar refractivity (Wildman–Crippen MR) is 66.3 cm³/mol. The van der Waals surface area contributed by atoms with Crippen molar-refractivity contribution in [3.8, 4) is 0 Å². The lowest BCUT2D eigenvalue weighted by atomic mass is 10.0. The van der Waals surface area contributed by atoms with Crippen molar-refractivity contribution in [1.82, 2.24) is 10.6 Å². The number of methoxy groups -OCH3 is 1. The smallest absolute Gasteiger partial charge is 0.326 e. The fourth-order valence-corrected chi connectivity index (χ4v) is 2.04. The van der Waals surface area contributed by atoms with Gasteiger partial charge in [-0.1, -0.05) is 6.42 Å². The number of carboxylic acids is 1. The van der Waals surface area contributed by atoms with Crippen molar-refractivity contribution in [2.45, 2.75) is 44.2 Å². The maximum Gasteiger partial charge on any atom is 0.326 e. The fourth-order valence-electron chi connectivity index (χ4n) is 2.04. The van der Waals surface area contributed by atoms with E-state index >= 15 is 0 Å². The van der Waals surface area contributed by atoms with E-state index in [1.165, 1.54) is 0 Å². The molecule has 1 saturated heterocycles. The summed E-state index contributed by atoms with van der Waals surface area (Å²) in [6.45, 7) is 1.32. The van der Waals surface area contributed by atoms with Crippen LogP contribution < -0.4 is 10.6 Å². The van der Waals surface area contributed by atoms with Crippen LogP contribution in [0.1, 0.15) is 32.1 Å². The zero-order chi connectivity index (χ0) is 13.4. The molecule has 1 fully saturated rings. The summed E-state index contributed by atoms with van der Waals surface area (Å²) in [5.74, 6) is -1.20. The van der Waals surface area contributed by atoms with Gasteiger partial charge in [0, 0.05) is 13.7 Å². The number of aliphatic carboxylic acids is 1. The average Bonchev–Trinajstić information content (AvgIpc) is 2.38. The van der Waals surface area contributed by atoms with Crippen molar-refractivity contribution in [1.29, 1.82) is 0 Å². The highest BCUT2D eigenvalue weighted by atomic mass is 16.5. The molecule has 1 aliphatic heterocycles. The lowest BCUT2D eigenvalue weighted by molar-refractivity contribution is -0.142. The average molecular weight is 258 g/mol. The van der Waals surface area contributed by atoms with Crippen LogP contribution in [0.25, 0.3) is 0 Å². The fraction of sp³-hybridized carbons (Fsp3) is 0.833. The molecule has 0 bridgehead atoms. The second-order valence-electron chi connectivity index (χ2n) is 4.54. The molecule has 1 aliphatic rings. The molecule has 6 heteroatoms. The van der Waals surface area contributed by atoms with E-state index in [0.29, 0.717) is 19.4 Å². The lowest BCUT2D eigenvalue weighted by Crippen LogP contribution is -2.51. The molecule has 104 valence electrons. The number of carbonyl (C=O) groups excluding carboxylic acids is 1. The summed E-state index contributed by atoms with van der Waals surface area (Å²) in [6.07, 6.45) is 3.86. The van der Waals surface area contributed by atoms with E-state index < -0.39 is 12.0 Å². The van der Waals surface area contributed by atoms with E-state index in [4.69, 9.17) is 9.84 Å². The molecular weight excluding hydrogens is 236 g/mol. The van der Waals surface area contributed by atoms with Crippen LogP contribution in [0.3, 0.4) is 0 Å². The third kappa shape index (κ3) is 5.01. The van der Waals surface area contributed by atoms with Crippen LogP contribution in [-0.2, 0) is 14.3 Å². The second kappa shape index (κ2) is 8.05. The van der Waals surface area contributed by atoms with Gasteiger partial charge in [-0.05, 0) is 32.2 Å². The topological polar surface area (TPSA) is 87.7 Å². The molecule has 2 atom stereocenters. The molecule has 6 nitrogen and oxygen atoms in total. The molecule has 0 spiro atoms. The van der Waals surface area contributed by atoms with Gasteiger partial charge < -0.3 is 20.5 Å². The van der Waals surface area contributed by atoms with Crippen molar-refractivity contribution in [3.63, 3.8) is 0 Å². The van der Waals surface area contributed by atoms with Gasteiger partial charge in [0.05, 0.1) is 6.04 Å². The summed E-state index contributed by atoms with van der Waals surface area (Å²) in [5, 5.41) is 14.7. The molecule has 18 heavy (non-hydrogen) atoms. The minimum absolute atomic E-state index is 0.209. The van der Waals surface area contributed by atoms with Crippen LogP contribution >= 0.6 is 0 Å². The number of carbonyl (C=O) groups is 2. The Hall–Kier alpha value is -1.14. The highest BCUT2D eigenvalue weighted by Gasteiger charge is 2.25. The van der Waals surface area contributed by atoms with Crippen LogP contribution in [0.15, 0.2) is 0 Å². The minimum atomic E-state index is -0.990. The van der Waals surface area contributed by atoms with Crippen molar-refractivity contribution < 1.29 is 19.4 Å². The van der Waals surface area contributed by atoms with Crippen LogP contribution in [0.4, 0.5) is 0 Å². The number of rotatable bonds is 7. The molecule has 0 aromatic carbocycles. The summed E-state index contributed by atoms with van der Waals surface area (Å²) in [4.78, 5) is 22.9. The Bertz CT molecular complexity index is 277. The van der Waals surface area contributed by atoms with Crippen molar-refractivity contribution >= 4 is 11.9 Å². The number of piperidine rings is 1. The Labute approximate surface area is 107 Å². The maximum atomic E-state index is 11.9. The second-order valence-corrected chi connectivity index (χ2v) is 4.54. The van der Waals surface area contributed by atoms with E-state index in [9.17, 15) is 9.59 Å². The number of hydrogen-bond acceptors (Lipinski definition) is 4. The van der Waals surface area contributed by atoms with Gasteiger partial charge in [-0.3, -0.25) is 4.79 Å². The largest absolute Gasteiger partial charge is 0.480 e. The van der Waals surface area contributed by atoms with Gasteiger partial charge in [0.1, 0.15) is 6.04 Å². The first-order valence-electron chi connectivity index (χ1n) is 6.40. The first-order valence-corrected chi connectivity index (χ1v) is 6.40. The summed E-state index contributed by atoms with van der Waals surface area (Å²) >= 11 is 0. The first-order chi connectivity index (χ1) is 8.65. The third-order valence-corrected chi connectivity index (χ3v) is 3.08. The number of amides is 1. The predicted octanol–water partition coefficient (Wildman–Crippen LogP) is 0.125. The molecular formula is C12H22N2O4. The number of nitrogens with one attached hydrogen (secondary N) is 2. The molecule has 1 amide bonds. The first kappa shape index (κ1) is 14.9. The third-order valence-electron chi connectivity index (χ3n) is 3.08. The monoisotopic (exact) mass is 258 g/mol. The molecule has 0 aliphatic carbocycles. The van der Waals surface area contributed by atoms with Gasteiger partial charge in [0.15, 0.2) is 0 Å². The molecule has 0 radical (unpaired) electrons. The Balaban J connectivity index is 2.38. The van der Waals surface area contributed by atoms with E-state index in [2.05, 4.69) is 10.6 Å². The normalized spacial score (nSPS) is 21.3. The molecule has 1 unspecified atom stereocenters. The Morgan fingerprint density at radius 3 is 2.83 bits per heavy atom. The standard InChI is InChI=1S/C12H22N2O4/c1-18-8-4-6-10(12(16)17)14-11(15)9-5-2-3-7-13-9/h9-10,13H,2-8H2,1H3,(H,14,15)(H,16,17)/t9-,10?/m1/s1. The van der Waals surface area contributed by atoms with Gasteiger partial charge in [-0.25, -0.2) is 4.79 Å². The molecule has 0 saturated carbocycles. The van der Waals surface area contributed by atoms with Gasteiger partial charge in [0.2, 0.25) is 5.91 Å². The Morgan fingerprint density at radius 2 is 2.28 bits per heavy atom. The zero-order valence-electron chi connectivity index (χ0n) is 10.8. The van der Waals surface area contributed by atoms with Crippen molar-refractivity contribution in [2.75, 3.05) is 20.3 Å². The van der Waals surface area contributed by atoms with Crippen molar-refractivity contribution in [2.24, 2.45) is 0 Å². The summed E-state index contributed by atoms with van der Waals surface area (Å²) in [5.41, 5.74) is 0. The van der Waals surface area contributed by atoms with Gasteiger partial charge in [0.25, 0.3) is 0 Å². The molecule has 0 aromatic rings. The van der Waals surface area contributed by atoms with Crippen molar-refractivity contribution in [3.05, 3.63) is 0 Å². The summed E-state index contributed by atoms with van der Waals surface area (Å²) < 4.78 is 4.88. The number of ether oxygens (including phenoxy) is 1. The summed E-state index contributed by atoms with van der Waals surface area (Å²) in [6, 6.07) is -1.07. The van der Waals surface area contributed by atoms with Gasteiger partial charge >= 0.3 is 5.97 Å². The van der Waals surface area contributed by atoms with Crippen LogP contribution in [-0.4, -0.2) is 49.3 Å². The van der Waals surface area contributed by atoms with Gasteiger partial charge in [-0.2, -0.15) is 0 Å². The molecule has 3 N–H and O–H groups in total. The van der Waals surface area contributed by atoms with E-state index in [0.717, 1.165) is 25.8 Å². The minimum Gasteiger partial charge on any atom is -0.480 e. The molecule has 1 rings (SSSR count). The quantitative estimate of drug-likeness (QED) is 0.565.